The van der Waals surface area contributed by atoms with Crippen molar-refractivity contribution < 1.29 is 19.7 Å². The van der Waals surface area contributed by atoms with Gasteiger partial charge in [-0.2, -0.15) is 0 Å². The van der Waals surface area contributed by atoms with E-state index in [1.165, 1.54) is 13.2 Å². The van der Waals surface area contributed by atoms with E-state index in [-0.39, 0.29) is 23.1 Å². The Morgan fingerprint density at radius 3 is 2.56 bits per heavy atom. The fourth-order valence-electron chi connectivity index (χ4n) is 1.41. The van der Waals surface area contributed by atoms with E-state index < -0.39 is 5.97 Å². The lowest BCUT2D eigenvalue weighted by Crippen LogP contribution is -2.18. The molecule has 1 aromatic carbocycles. The molecule has 0 fully saturated rings. The van der Waals surface area contributed by atoms with Crippen LogP contribution in [0.15, 0.2) is 12.1 Å². The van der Waals surface area contributed by atoms with Crippen LogP contribution in [-0.2, 0) is 11.2 Å². The van der Waals surface area contributed by atoms with Crippen LogP contribution in [0.1, 0.15) is 22.8 Å². The first-order valence-electron chi connectivity index (χ1n) is 4.84. The Bertz CT molecular complexity index is 401. The molecule has 16 heavy (non-hydrogen) atoms. The molecule has 0 spiro atoms. The molecule has 0 heterocycles. The fraction of sp³-hybridized carbons (Fsp3) is 0.364. The summed E-state index contributed by atoms with van der Waals surface area (Å²) in [5.74, 6) is -1.04. The SMILES string of the molecule is COC(=O)c1cc(CC(C)N)c(O)cc1O. The monoisotopic (exact) mass is 225 g/mol. The summed E-state index contributed by atoms with van der Waals surface area (Å²) in [6, 6.07) is 2.35. The quantitative estimate of drug-likeness (QED) is 0.661. The number of hydrogen-bond donors (Lipinski definition) is 3. The normalized spacial score (nSPS) is 12.2. The Morgan fingerprint density at radius 2 is 2.06 bits per heavy atom. The van der Waals surface area contributed by atoms with E-state index in [1.54, 1.807) is 6.92 Å². The van der Waals surface area contributed by atoms with Gasteiger partial charge >= 0.3 is 5.97 Å². The summed E-state index contributed by atoms with van der Waals surface area (Å²) in [5, 5.41) is 19.0. The second-order valence-electron chi connectivity index (χ2n) is 3.67. The smallest absolute Gasteiger partial charge is 0.341 e. The minimum absolute atomic E-state index is 0.0240. The van der Waals surface area contributed by atoms with Gasteiger partial charge in [-0.25, -0.2) is 4.79 Å². The molecular formula is C11H15NO4. The molecule has 0 aromatic heterocycles. The highest BCUT2D eigenvalue weighted by molar-refractivity contribution is 5.92. The molecule has 0 saturated heterocycles. The van der Waals surface area contributed by atoms with E-state index in [1.807, 2.05) is 0 Å². The van der Waals surface area contributed by atoms with Gasteiger partial charge in [0, 0.05) is 12.1 Å². The Morgan fingerprint density at radius 1 is 1.44 bits per heavy atom. The summed E-state index contributed by atoms with van der Waals surface area (Å²) in [6.45, 7) is 1.78. The summed E-state index contributed by atoms with van der Waals surface area (Å²) in [5.41, 5.74) is 6.13. The number of nitrogens with two attached hydrogens (primary N) is 1. The molecule has 5 nitrogen and oxygen atoms in total. The maximum absolute atomic E-state index is 11.3. The molecule has 0 saturated carbocycles. The summed E-state index contributed by atoms with van der Waals surface area (Å²) < 4.78 is 4.51. The molecule has 0 radical (unpaired) electrons. The lowest BCUT2D eigenvalue weighted by atomic mass is 10.0. The van der Waals surface area contributed by atoms with Crippen molar-refractivity contribution in [1.29, 1.82) is 0 Å². The molecule has 88 valence electrons. The van der Waals surface area contributed by atoms with Crippen molar-refractivity contribution in [2.24, 2.45) is 5.73 Å². The molecule has 0 aliphatic carbocycles. The second-order valence-corrected chi connectivity index (χ2v) is 3.67. The van der Waals surface area contributed by atoms with Gasteiger partial charge in [0.15, 0.2) is 0 Å². The van der Waals surface area contributed by atoms with Crippen LogP contribution in [0.3, 0.4) is 0 Å². The van der Waals surface area contributed by atoms with Crippen LogP contribution in [0.4, 0.5) is 0 Å². The number of phenolic OH excluding ortho intramolecular Hbond substituents is 2. The standard InChI is InChI=1S/C11H15NO4/c1-6(12)3-7-4-8(11(15)16-2)10(14)5-9(7)13/h4-6,13-14H,3,12H2,1-2H3. The van der Waals surface area contributed by atoms with Gasteiger partial charge in [0.25, 0.3) is 0 Å². The van der Waals surface area contributed by atoms with Crippen molar-refractivity contribution in [3.8, 4) is 11.5 Å². The van der Waals surface area contributed by atoms with Gasteiger partial charge in [-0.05, 0) is 25.0 Å². The van der Waals surface area contributed by atoms with Crippen LogP contribution >= 0.6 is 0 Å². The van der Waals surface area contributed by atoms with Gasteiger partial charge in [0.2, 0.25) is 0 Å². The molecule has 1 rings (SSSR count). The Labute approximate surface area is 93.5 Å². The van der Waals surface area contributed by atoms with Crippen LogP contribution < -0.4 is 5.73 Å². The average Bonchev–Trinajstić information content (AvgIpc) is 2.20. The van der Waals surface area contributed by atoms with Crippen LogP contribution in [0.2, 0.25) is 0 Å². The Hall–Kier alpha value is -1.75. The maximum atomic E-state index is 11.3. The predicted molar refractivity (Wildman–Crippen MR) is 58.5 cm³/mol. The van der Waals surface area contributed by atoms with Gasteiger partial charge in [-0.1, -0.05) is 0 Å². The molecule has 1 unspecified atom stereocenters. The number of ether oxygens (including phenoxy) is 1. The summed E-state index contributed by atoms with van der Waals surface area (Å²) in [6.07, 6.45) is 0.413. The van der Waals surface area contributed by atoms with E-state index in [2.05, 4.69) is 4.74 Å². The molecule has 1 atom stereocenters. The van der Waals surface area contributed by atoms with E-state index in [9.17, 15) is 15.0 Å². The lowest BCUT2D eigenvalue weighted by Gasteiger charge is -2.10. The van der Waals surface area contributed by atoms with Crippen molar-refractivity contribution >= 4 is 5.97 Å². The highest BCUT2D eigenvalue weighted by Crippen LogP contribution is 2.28. The van der Waals surface area contributed by atoms with Crippen molar-refractivity contribution in [1.82, 2.24) is 0 Å². The summed E-state index contributed by atoms with van der Waals surface area (Å²) >= 11 is 0. The molecule has 4 N–H and O–H groups in total. The molecule has 0 aliphatic heterocycles. The number of phenols is 2. The zero-order valence-corrected chi connectivity index (χ0v) is 9.23. The number of esters is 1. The van der Waals surface area contributed by atoms with Crippen LogP contribution in [0.5, 0.6) is 11.5 Å². The number of carbonyl (C=O) groups is 1. The third-order valence-electron chi connectivity index (χ3n) is 2.14. The van der Waals surface area contributed by atoms with Crippen molar-refractivity contribution in [3.63, 3.8) is 0 Å². The average molecular weight is 225 g/mol. The number of benzene rings is 1. The van der Waals surface area contributed by atoms with Gasteiger partial charge in [0.1, 0.15) is 17.1 Å². The lowest BCUT2D eigenvalue weighted by molar-refractivity contribution is 0.0597. The first kappa shape index (κ1) is 12.3. The van der Waals surface area contributed by atoms with Crippen molar-refractivity contribution in [3.05, 3.63) is 23.3 Å². The van der Waals surface area contributed by atoms with Gasteiger partial charge in [-0.3, -0.25) is 0 Å². The number of aromatic hydroxyl groups is 2. The van der Waals surface area contributed by atoms with E-state index in [0.717, 1.165) is 6.07 Å². The highest BCUT2D eigenvalue weighted by Gasteiger charge is 2.16. The third kappa shape index (κ3) is 2.64. The fourth-order valence-corrected chi connectivity index (χ4v) is 1.41. The van der Waals surface area contributed by atoms with Crippen molar-refractivity contribution in [2.45, 2.75) is 19.4 Å². The van der Waals surface area contributed by atoms with Gasteiger partial charge in [-0.15, -0.1) is 0 Å². The van der Waals surface area contributed by atoms with Crippen LogP contribution in [0, 0.1) is 0 Å². The zero-order chi connectivity index (χ0) is 12.3. The van der Waals surface area contributed by atoms with Crippen molar-refractivity contribution in [2.75, 3.05) is 7.11 Å². The molecule has 0 bridgehead atoms. The number of methoxy groups -OCH3 is 1. The maximum Gasteiger partial charge on any atom is 0.341 e. The number of carbonyl (C=O) groups excluding carboxylic acids is 1. The van der Waals surface area contributed by atoms with E-state index in [4.69, 9.17) is 5.73 Å². The zero-order valence-electron chi connectivity index (χ0n) is 9.23. The largest absolute Gasteiger partial charge is 0.508 e. The topological polar surface area (TPSA) is 92.8 Å². The Kier molecular flexibility index (Phi) is 3.73. The molecule has 0 amide bonds. The number of rotatable bonds is 3. The Balaban J connectivity index is 3.16. The third-order valence-corrected chi connectivity index (χ3v) is 2.14. The number of hydrogen-bond acceptors (Lipinski definition) is 5. The molecule has 5 heteroatoms. The summed E-state index contributed by atoms with van der Waals surface area (Å²) in [7, 11) is 1.22. The highest BCUT2D eigenvalue weighted by atomic mass is 16.5. The van der Waals surface area contributed by atoms with Crippen LogP contribution in [-0.4, -0.2) is 29.3 Å². The first-order valence-corrected chi connectivity index (χ1v) is 4.84. The van der Waals surface area contributed by atoms with E-state index in [0.29, 0.717) is 12.0 Å². The first-order chi connectivity index (χ1) is 7.45. The second kappa shape index (κ2) is 4.85. The summed E-state index contributed by atoms with van der Waals surface area (Å²) in [4.78, 5) is 11.3. The molecule has 1 aromatic rings. The molecule has 0 aliphatic rings. The van der Waals surface area contributed by atoms with Gasteiger partial charge < -0.3 is 20.7 Å². The van der Waals surface area contributed by atoms with E-state index >= 15 is 0 Å². The van der Waals surface area contributed by atoms with Gasteiger partial charge in [0.05, 0.1) is 7.11 Å². The predicted octanol–water partition coefficient (Wildman–Crippen LogP) is 0.774. The van der Waals surface area contributed by atoms with Crippen LogP contribution in [0.25, 0.3) is 0 Å². The minimum Gasteiger partial charge on any atom is -0.508 e. The minimum atomic E-state index is -0.650. The molecular weight excluding hydrogens is 210 g/mol.